The third-order valence-electron chi connectivity index (χ3n) is 2.22. The van der Waals surface area contributed by atoms with Crippen LogP contribution in [0.5, 0.6) is 0 Å². The number of nitrogens with zero attached hydrogens (tertiary/aromatic N) is 1. The minimum Gasteiger partial charge on any atom is -0.346 e. The highest BCUT2D eigenvalue weighted by atomic mass is 35.5. The van der Waals surface area contributed by atoms with Crippen molar-refractivity contribution in [2.45, 2.75) is 17.5 Å². The summed E-state index contributed by atoms with van der Waals surface area (Å²) in [5.74, 6) is 0. The fraction of sp³-hybridized carbons (Fsp3) is 0.455. The smallest absolute Gasteiger partial charge is 0.346 e. The van der Waals surface area contributed by atoms with Crippen molar-refractivity contribution in [1.82, 2.24) is 4.90 Å². The lowest BCUT2D eigenvalue weighted by Gasteiger charge is -2.16. The van der Waals surface area contributed by atoms with E-state index < -0.39 is 0 Å². The monoisotopic (exact) mass is 221 g/mol. The van der Waals surface area contributed by atoms with Gasteiger partial charge in [-0.2, -0.15) is 0 Å². The van der Waals surface area contributed by atoms with Gasteiger partial charge in [-0.25, -0.2) is 0 Å². The van der Waals surface area contributed by atoms with Gasteiger partial charge in [0.2, 0.25) is 0 Å². The Bertz CT molecular complexity index is 240. The molecule has 0 spiro atoms. The molecule has 74 valence electrons. The van der Waals surface area contributed by atoms with Gasteiger partial charge in [-0.1, -0.05) is 36.8 Å². The molecule has 0 aliphatic carbocycles. The van der Waals surface area contributed by atoms with E-state index in [1.807, 2.05) is 0 Å². The van der Waals surface area contributed by atoms with Crippen LogP contribution in [0.2, 0.25) is 4.55 Å². The summed E-state index contributed by atoms with van der Waals surface area (Å²) in [7, 11) is 7.93. The Balaban J connectivity index is 2.23. The van der Waals surface area contributed by atoms with Crippen molar-refractivity contribution in [2.24, 2.45) is 0 Å². The third kappa shape index (κ3) is 5.20. The summed E-state index contributed by atoms with van der Waals surface area (Å²) in [6.45, 7) is 2.21. The second-order valence-electron chi connectivity index (χ2n) is 3.62. The van der Waals surface area contributed by atoms with E-state index in [1.54, 1.807) is 0 Å². The maximum Gasteiger partial charge on any atom is 0.501 e. The maximum absolute atomic E-state index is 5.77. The Morgan fingerprint density at radius 1 is 1.29 bits per heavy atom. The van der Waals surface area contributed by atoms with Crippen molar-refractivity contribution in [3.05, 3.63) is 35.9 Å². The molecule has 0 fully saturated rings. The lowest BCUT2D eigenvalue weighted by molar-refractivity contribution is 0.327. The first kappa shape index (κ1) is 12.3. The molecule has 3 heteroatoms. The van der Waals surface area contributed by atoms with Crippen molar-refractivity contribution in [3.63, 3.8) is 0 Å². The van der Waals surface area contributed by atoms with E-state index in [9.17, 15) is 0 Å². The van der Waals surface area contributed by atoms with E-state index >= 15 is 0 Å². The van der Waals surface area contributed by atoms with Gasteiger partial charge >= 0.3 is 19.3 Å². The molecule has 1 rings (SSSR count). The van der Waals surface area contributed by atoms with Crippen LogP contribution in [-0.4, -0.2) is 37.8 Å². The molecule has 0 heterocycles. The molecule has 0 aliphatic heterocycles. The van der Waals surface area contributed by atoms with Crippen LogP contribution in [0.25, 0.3) is 0 Å². The molecule has 0 amide bonds. The van der Waals surface area contributed by atoms with Gasteiger partial charge in [-0.15, -0.1) is 4.55 Å². The zero-order valence-electron chi connectivity index (χ0n) is 8.75. The molecule has 0 saturated heterocycles. The van der Waals surface area contributed by atoms with E-state index in [0.29, 0.717) is 0 Å². The van der Waals surface area contributed by atoms with Gasteiger partial charge in [0.1, 0.15) is 0 Å². The highest BCUT2D eigenvalue weighted by Crippen LogP contribution is 2.03. The first-order valence-corrected chi connectivity index (χ1v) is 8.25. The highest BCUT2D eigenvalue weighted by Gasteiger charge is 1.99. The maximum atomic E-state index is 5.77. The summed E-state index contributed by atoms with van der Waals surface area (Å²) in [5, 5.41) is 0. The Kier molecular flexibility index (Phi) is 6.61. The quantitative estimate of drug-likeness (QED) is 0.528. The molecule has 0 saturated carbocycles. The summed E-state index contributed by atoms with van der Waals surface area (Å²) in [6.07, 6.45) is 1.25. The minimum atomic E-state index is -0.254. The molecule has 0 aliphatic rings. The number of hydrogen-bond donors (Lipinski definition) is 0. The van der Waals surface area contributed by atoms with Crippen molar-refractivity contribution >= 4 is 28.3 Å². The van der Waals surface area contributed by atoms with Gasteiger partial charge in [0, 0.05) is 6.54 Å². The van der Waals surface area contributed by atoms with Crippen LogP contribution < -0.4 is 0 Å². The predicted octanol–water partition coefficient (Wildman–Crippen LogP) is 2.78. The second-order valence-corrected chi connectivity index (χ2v) is 5.84. The highest BCUT2D eigenvalue weighted by molar-refractivity contribution is 6.93. The zero-order chi connectivity index (χ0) is 10.2. The largest absolute Gasteiger partial charge is 0.501 e. The van der Waals surface area contributed by atoms with Crippen molar-refractivity contribution in [3.8, 4) is 0 Å². The molecule has 0 radical (unpaired) electrons. The molecule has 1 aromatic carbocycles. The Labute approximate surface area is 99.9 Å². The molecule has 1 aromatic rings. The topological polar surface area (TPSA) is 3.24 Å². The minimum absolute atomic E-state index is 0.254. The standard InChI is InChI=1S/C11H16N.ClH.Mg/c1-3-9-12(2)10-11-7-5-4-6-8-11;;/h4-8H,1,3,9-10H2,2H3;1H;/q;;+1/p-1. The van der Waals surface area contributed by atoms with Crippen LogP contribution in [0.15, 0.2) is 30.3 Å². The molecule has 0 N–H and O–H groups in total. The fourth-order valence-corrected chi connectivity index (χ4v) is 2.43. The molecule has 1 nitrogen and oxygen atoms in total. The average molecular weight is 222 g/mol. The average Bonchev–Trinajstić information content (AvgIpc) is 2.20. The van der Waals surface area contributed by atoms with Crippen molar-refractivity contribution in [1.29, 1.82) is 0 Å². The lowest BCUT2D eigenvalue weighted by atomic mass is 10.2. The van der Waals surface area contributed by atoms with Crippen LogP contribution in [0, 0.1) is 0 Å². The number of hydrogen-bond acceptors (Lipinski definition) is 1. The zero-order valence-corrected chi connectivity index (χ0v) is 10.9. The first-order valence-electron chi connectivity index (χ1n) is 5.11. The van der Waals surface area contributed by atoms with Crippen LogP contribution in [0.1, 0.15) is 12.0 Å². The summed E-state index contributed by atoms with van der Waals surface area (Å²) >= 11 is -0.254. The van der Waals surface area contributed by atoms with E-state index in [0.717, 1.165) is 13.1 Å². The Morgan fingerprint density at radius 3 is 2.64 bits per heavy atom. The summed E-state index contributed by atoms with van der Waals surface area (Å²) in [6, 6.07) is 10.6. The van der Waals surface area contributed by atoms with Crippen LogP contribution in [-0.2, 0) is 6.54 Å². The van der Waals surface area contributed by atoms with E-state index in [2.05, 4.69) is 42.3 Å². The van der Waals surface area contributed by atoms with Crippen LogP contribution >= 0.6 is 9.07 Å². The number of halogens is 1. The Hall–Kier alpha value is 0.236. The van der Waals surface area contributed by atoms with Gasteiger partial charge in [0.15, 0.2) is 0 Å². The SMILES string of the molecule is CN(CC[CH2][Mg][Cl])Cc1ccccc1. The normalized spacial score (nSPS) is 10.2. The van der Waals surface area contributed by atoms with E-state index in [-0.39, 0.29) is 19.3 Å². The van der Waals surface area contributed by atoms with Gasteiger partial charge in [0.05, 0.1) is 0 Å². The van der Waals surface area contributed by atoms with Gasteiger partial charge in [-0.05, 0) is 19.2 Å². The Morgan fingerprint density at radius 2 is 2.00 bits per heavy atom. The van der Waals surface area contributed by atoms with Gasteiger partial charge < -0.3 is 14.0 Å². The molecule has 0 unspecified atom stereocenters. The fourth-order valence-electron chi connectivity index (χ4n) is 1.45. The molecule has 0 aromatic heterocycles. The molecule has 0 bridgehead atoms. The van der Waals surface area contributed by atoms with Crippen LogP contribution in [0.4, 0.5) is 0 Å². The third-order valence-corrected chi connectivity index (χ3v) is 3.79. The molecular formula is C11H16ClMgN. The molecular weight excluding hydrogens is 206 g/mol. The second kappa shape index (κ2) is 7.52. The number of benzene rings is 1. The van der Waals surface area contributed by atoms with Crippen molar-refractivity contribution in [2.75, 3.05) is 13.6 Å². The van der Waals surface area contributed by atoms with Gasteiger partial charge in [0.25, 0.3) is 0 Å². The van der Waals surface area contributed by atoms with Crippen LogP contribution in [0.3, 0.4) is 0 Å². The lowest BCUT2D eigenvalue weighted by Crippen LogP contribution is -2.19. The van der Waals surface area contributed by atoms with Gasteiger partial charge in [-0.3, -0.25) is 0 Å². The first-order chi connectivity index (χ1) is 6.83. The summed E-state index contributed by atoms with van der Waals surface area (Å²) < 4.78 is 1.25. The van der Waals surface area contributed by atoms with E-state index in [4.69, 9.17) is 9.07 Å². The van der Waals surface area contributed by atoms with E-state index in [1.165, 1.54) is 16.5 Å². The molecule has 14 heavy (non-hydrogen) atoms. The summed E-state index contributed by atoms with van der Waals surface area (Å²) in [4.78, 5) is 2.36. The van der Waals surface area contributed by atoms with Crippen molar-refractivity contribution < 1.29 is 0 Å². The predicted molar refractivity (Wildman–Crippen MR) is 63.8 cm³/mol. The summed E-state index contributed by atoms with van der Waals surface area (Å²) in [5.41, 5.74) is 1.39. The molecule has 0 atom stereocenters. The number of rotatable bonds is 6.